The van der Waals surface area contributed by atoms with Crippen LogP contribution in [0.15, 0.2) is 24.5 Å². The highest BCUT2D eigenvalue weighted by atomic mass is 32.1. The first-order valence-electron chi connectivity index (χ1n) is 6.76. The molecule has 0 aliphatic rings. The zero-order valence-electron chi connectivity index (χ0n) is 12.2. The van der Waals surface area contributed by atoms with E-state index in [2.05, 4.69) is 22.2 Å². The largest absolute Gasteiger partial charge is 0.382 e. The van der Waals surface area contributed by atoms with Crippen LogP contribution in [-0.2, 0) is 6.54 Å². The van der Waals surface area contributed by atoms with Gasteiger partial charge in [-0.2, -0.15) is 0 Å². The normalized spacial score (nSPS) is 10.4. The first kappa shape index (κ1) is 15.2. The Morgan fingerprint density at radius 3 is 3.00 bits per heavy atom. The Balaban J connectivity index is 2.02. The van der Waals surface area contributed by atoms with E-state index in [1.54, 1.807) is 12.4 Å². The van der Waals surface area contributed by atoms with Crippen molar-refractivity contribution in [2.45, 2.75) is 19.9 Å². The van der Waals surface area contributed by atoms with Gasteiger partial charge in [0.25, 0.3) is 5.91 Å². The molecule has 0 aromatic carbocycles. The summed E-state index contributed by atoms with van der Waals surface area (Å²) in [5.74, 6) is 0.0756. The Morgan fingerprint density at radius 2 is 2.33 bits per heavy atom. The van der Waals surface area contributed by atoms with Crippen LogP contribution >= 0.6 is 11.3 Å². The lowest BCUT2D eigenvalue weighted by Crippen LogP contribution is -2.22. The molecule has 0 spiro atoms. The van der Waals surface area contributed by atoms with Gasteiger partial charge in [-0.15, -0.1) is 0 Å². The highest BCUT2D eigenvalue weighted by molar-refractivity contribution is 7.18. The van der Waals surface area contributed by atoms with E-state index in [0.29, 0.717) is 11.4 Å². The fourth-order valence-electron chi connectivity index (χ4n) is 1.84. The number of pyridine rings is 1. The standard InChI is InChI=1S/C14H19N5OS/c1-3-7-19(2)14-18-12(15)11(21-14)13(20)17-9-10-5-4-6-16-8-10/h4-6,8H,3,7,9,15H2,1-2H3,(H,17,20). The first-order chi connectivity index (χ1) is 10.1. The molecule has 0 fully saturated rings. The highest BCUT2D eigenvalue weighted by Gasteiger charge is 2.17. The van der Waals surface area contributed by atoms with Gasteiger partial charge in [0.05, 0.1) is 0 Å². The number of rotatable bonds is 6. The van der Waals surface area contributed by atoms with Crippen LogP contribution in [0.25, 0.3) is 0 Å². The molecule has 0 bridgehead atoms. The quantitative estimate of drug-likeness (QED) is 0.851. The molecule has 0 aliphatic heterocycles. The van der Waals surface area contributed by atoms with Gasteiger partial charge >= 0.3 is 0 Å². The Labute approximate surface area is 128 Å². The van der Waals surface area contributed by atoms with Gasteiger partial charge in [0, 0.05) is 32.5 Å². The zero-order chi connectivity index (χ0) is 15.2. The van der Waals surface area contributed by atoms with Crippen molar-refractivity contribution >= 4 is 28.2 Å². The van der Waals surface area contributed by atoms with E-state index in [4.69, 9.17) is 5.73 Å². The fourth-order valence-corrected chi connectivity index (χ4v) is 2.73. The molecule has 21 heavy (non-hydrogen) atoms. The number of amides is 1. The van der Waals surface area contributed by atoms with Gasteiger partial charge in [0.1, 0.15) is 10.7 Å². The molecule has 0 saturated heterocycles. The number of hydrogen-bond acceptors (Lipinski definition) is 6. The first-order valence-corrected chi connectivity index (χ1v) is 7.58. The van der Waals surface area contributed by atoms with E-state index in [1.807, 2.05) is 24.1 Å². The topological polar surface area (TPSA) is 84.1 Å². The monoisotopic (exact) mass is 305 g/mol. The van der Waals surface area contributed by atoms with E-state index in [1.165, 1.54) is 11.3 Å². The number of nitrogens with two attached hydrogens (primary N) is 1. The van der Waals surface area contributed by atoms with Gasteiger partial charge in [-0.05, 0) is 18.1 Å². The average molecular weight is 305 g/mol. The maximum Gasteiger partial charge on any atom is 0.265 e. The molecule has 0 saturated carbocycles. The van der Waals surface area contributed by atoms with Gasteiger partial charge in [-0.3, -0.25) is 9.78 Å². The highest BCUT2D eigenvalue weighted by Crippen LogP contribution is 2.27. The van der Waals surface area contributed by atoms with Gasteiger partial charge in [0.2, 0.25) is 0 Å². The molecule has 0 unspecified atom stereocenters. The van der Waals surface area contributed by atoms with Crippen molar-refractivity contribution < 1.29 is 4.79 Å². The molecule has 2 aromatic heterocycles. The lowest BCUT2D eigenvalue weighted by atomic mass is 10.3. The second-order valence-corrected chi connectivity index (χ2v) is 5.65. The van der Waals surface area contributed by atoms with Crippen LogP contribution in [0.1, 0.15) is 28.6 Å². The number of nitrogen functional groups attached to an aromatic ring is 1. The van der Waals surface area contributed by atoms with Crippen LogP contribution in [0.4, 0.5) is 10.9 Å². The molecule has 7 heteroatoms. The van der Waals surface area contributed by atoms with E-state index in [-0.39, 0.29) is 11.7 Å². The Kier molecular flexibility index (Phi) is 5.10. The lowest BCUT2D eigenvalue weighted by molar-refractivity contribution is 0.0955. The molecule has 0 aliphatic carbocycles. The number of thiazole rings is 1. The van der Waals surface area contributed by atoms with Gasteiger partial charge in [-0.1, -0.05) is 24.3 Å². The second-order valence-electron chi connectivity index (χ2n) is 4.68. The fraction of sp³-hybridized carbons (Fsp3) is 0.357. The smallest absolute Gasteiger partial charge is 0.265 e. The maximum absolute atomic E-state index is 12.2. The molecule has 0 radical (unpaired) electrons. The number of anilines is 2. The third-order valence-electron chi connectivity index (χ3n) is 2.91. The number of carbonyl (C=O) groups excluding carboxylic acids is 1. The van der Waals surface area contributed by atoms with E-state index in [9.17, 15) is 4.79 Å². The average Bonchev–Trinajstić information content (AvgIpc) is 2.88. The SMILES string of the molecule is CCCN(C)c1nc(N)c(C(=O)NCc2cccnc2)s1. The number of nitrogens with one attached hydrogen (secondary N) is 1. The summed E-state index contributed by atoms with van der Waals surface area (Å²) in [5, 5.41) is 3.60. The summed E-state index contributed by atoms with van der Waals surface area (Å²) in [6.45, 7) is 3.39. The molecule has 6 nitrogen and oxygen atoms in total. The maximum atomic E-state index is 12.2. The summed E-state index contributed by atoms with van der Waals surface area (Å²) in [6, 6.07) is 3.74. The Morgan fingerprint density at radius 1 is 1.52 bits per heavy atom. The molecule has 0 atom stereocenters. The second kappa shape index (κ2) is 7.03. The molecule has 3 N–H and O–H groups in total. The van der Waals surface area contributed by atoms with E-state index >= 15 is 0 Å². The molecule has 1 amide bonds. The third-order valence-corrected chi connectivity index (χ3v) is 4.09. The molecule has 112 valence electrons. The number of hydrogen-bond donors (Lipinski definition) is 2. The summed E-state index contributed by atoms with van der Waals surface area (Å²) >= 11 is 1.31. The molecule has 2 heterocycles. The lowest BCUT2D eigenvalue weighted by Gasteiger charge is -2.13. The number of carbonyl (C=O) groups is 1. The minimum atomic E-state index is -0.204. The van der Waals surface area contributed by atoms with Crippen molar-refractivity contribution in [1.29, 1.82) is 0 Å². The zero-order valence-corrected chi connectivity index (χ0v) is 13.0. The van der Waals surface area contributed by atoms with Crippen LogP contribution in [0, 0.1) is 0 Å². The summed E-state index contributed by atoms with van der Waals surface area (Å²) in [4.78, 5) is 22.9. The van der Waals surface area contributed by atoms with Crippen molar-refractivity contribution in [3.8, 4) is 0 Å². The predicted molar refractivity (Wildman–Crippen MR) is 85.5 cm³/mol. The van der Waals surface area contributed by atoms with Gasteiger partial charge in [0.15, 0.2) is 5.13 Å². The minimum Gasteiger partial charge on any atom is -0.382 e. The van der Waals surface area contributed by atoms with Crippen LogP contribution in [0.5, 0.6) is 0 Å². The summed E-state index contributed by atoms with van der Waals surface area (Å²) in [6.07, 6.45) is 4.43. The third kappa shape index (κ3) is 3.91. The molecule has 2 aromatic rings. The van der Waals surface area contributed by atoms with Crippen molar-refractivity contribution in [2.24, 2.45) is 0 Å². The van der Waals surface area contributed by atoms with Crippen LogP contribution in [-0.4, -0.2) is 29.5 Å². The van der Waals surface area contributed by atoms with Crippen molar-refractivity contribution in [2.75, 3.05) is 24.2 Å². The summed E-state index contributed by atoms with van der Waals surface area (Å²) in [5.41, 5.74) is 6.79. The van der Waals surface area contributed by atoms with Gasteiger partial charge in [-0.25, -0.2) is 4.98 Å². The van der Waals surface area contributed by atoms with Crippen LogP contribution in [0.2, 0.25) is 0 Å². The molecular formula is C14H19N5OS. The number of nitrogens with zero attached hydrogens (tertiary/aromatic N) is 3. The van der Waals surface area contributed by atoms with Gasteiger partial charge < -0.3 is 16.0 Å². The molecular weight excluding hydrogens is 286 g/mol. The Hall–Kier alpha value is -2.15. The van der Waals surface area contributed by atoms with Crippen molar-refractivity contribution in [1.82, 2.24) is 15.3 Å². The Bertz CT molecular complexity index is 599. The van der Waals surface area contributed by atoms with Crippen LogP contribution in [0.3, 0.4) is 0 Å². The summed E-state index contributed by atoms with van der Waals surface area (Å²) in [7, 11) is 1.94. The van der Waals surface area contributed by atoms with Crippen molar-refractivity contribution in [3.05, 3.63) is 35.0 Å². The molecule has 2 rings (SSSR count). The number of aromatic nitrogens is 2. The van der Waals surface area contributed by atoms with E-state index < -0.39 is 0 Å². The predicted octanol–water partition coefficient (Wildman–Crippen LogP) is 1.90. The van der Waals surface area contributed by atoms with Crippen molar-refractivity contribution in [3.63, 3.8) is 0 Å². The minimum absolute atomic E-state index is 0.204. The van der Waals surface area contributed by atoms with Crippen LogP contribution < -0.4 is 16.0 Å². The van der Waals surface area contributed by atoms with E-state index in [0.717, 1.165) is 23.7 Å². The summed E-state index contributed by atoms with van der Waals surface area (Å²) < 4.78 is 0.